The molecule has 1 N–H and O–H groups in total. The zero-order valence-corrected chi connectivity index (χ0v) is 20.0. The lowest BCUT2D eigenvalue weighted by atomic mass is 9.99. The highest BCUT2D eigenvalue weighted by molar-refractivity contribution is 7.10. The lowest BCUT2D eigenvalue weighted by Crippen LogP contribution is -2.31. The van der Waals surface area contributed by atoms with E-state index in [0.717, 1.165) is 10.4 Å². The molecule has 0 radical (unpaired) electrons. The van der Waals surface area contributed by atoms with Gasteiger partial charge in [-0.3, -0.25) is 9.59 Å². The van der Waals surface area contributed by atoms with Crippen molar-refractivity contribution in [1.82, 2.24) is 4.90 Å². The Balaban J connectivity index is 1.79. The average molecular weight is 502 g/mol. The van der Waals surface area contributed by atoms with Crippen LogP contribution in [0.25, 0.3) is 5.76 Å². The molecule has 2 aromatic carbocycles. The highest BCUT2D eigenvalue weighted by Crippen LogP contribution is 2.44. The summed E-state index contributed by atoms with van der Waals surface area (Å²) in [4.78, 5) is 28.4. The predicted octanol–water partition coefficient (Wildman–Crippen LogP) is 5.22. The van der Waals surface area contributed by atoms with Gasteiger partial charge in [-0.1, -0.05) is 29.8 Å². The molecule has 0 bridgehead atoms. The van der Waals surface area contributed by atoms with Crippen molar-refractivity contribution < 1.29 is 28.6 Å². The summed E-state index contributed by atoms with van der Waals surface area (Å²) < 4.78 is 23.8. The molecule has 34 heavy (non-hydrogen) atoms. The molecule has 1 atom stereocenters. The number of nitrogens with zero attached hydrogens (tertiary/aromatic N) is 1. The minimum absolute atomic E-state index is 0.0499. The van der Waals surface area contributed by atoms with Crippen LogP contribution in [-0.2, 0) is 16.0 Å². The van der Waals surface area contributed by atoms with E-state index in [4.69, 9.17) is 21.1 Å². The molecule has 3 aromatic rings. The first-order valence-corrected chi connectivity index (χ1v) is 11.6. The Hall–Kier alpha value is -3.36. The molecule has 1 amide bonds. The van der Waals surface area contributed by atoms with Crippen LogP contribution in [0.4, 0.5) is 4.39 Å². The van der Waals surface area contributed by atoms with Gasteiger partial charge in [-0.15, -0.1) is 11.3 Å². The fourth-order valence-electron chi connectivity index (χ4n) is 3.94. The van der Waals surface area contributed by atoms with Gasteiger partial charge in [0.2, 0.25) is 0 Å². The van der Waals surface area contributed by atoms with Gasteiger partial charge in [-0.25, -0.2) is 4.39 Å². The Bertz CT molecular complexity index is 1260. The largest absolute Gasteiger partial charge is 0.507 e. The number of hydrogen-bond acceptors (Lipinski definition) is 6. The van der Waals surface area contributed by atoms with E-state index < -0.39 is 17.7 Å². The van der Waals surface area contributed by atoms with Gasteiger partial charge in [0.15, 0.2) is 0 Å². The number of benzene rings is 2. The van der Waals surface area contributed by atoms with Crippen molar-refractivity contribution in [3.8, 4) is 11.5 Å². The molecule has 6 nitrogen and oxygen atoms in total. The quantitative estimate of drug-likeness (QED) is 0.273. The zero-order valence-electron chi connectivity index (χ0n) is 18.4. The topological polar surface area (TPSA) is 76.1 Å². The fourth-order valence-corrected chi connectivity index (χ4v) is 5.03. The number of Topliss-reactive ketones (excluding diaryl/α,β-unsaturated/α-hetero) is 1. The summed E-state index contributed by atoms with van der Waals surface area (Å²) in [6, 6.07) is 11.7. The molecular formula is C25H21ClFNO5S. The van der Waals surface area contributed by atoms with Crippen molar-refractivity contribution in [2.24, 2.45) is 0 Å². The summed E-state index contributed by atoms with van der Waals surface area (Å²) in [5.74, 6) is -1.69. The maximum atomic E-state index is 13.3. The van der Waals surface area contributed by atoms with Gasteiger partial charge < -0.3 is 19.5 Å². The maximum absolute atomic E-state index is 13.3. The number of likely N-dealkylation sites (tertiary alicyclic amines) is 1. The molecule has 1 saturated heterocycles. The molecule has 2 heterocycles. The van der Waals surface area contributed by atoms with E-state index in [1.807, 2.05) is 11.4 Å². The average Bonchev–Trinajstić information content (AvgIpc) is 3.45. The smallest absolute Gasteiger partial charge is 0.295 e. The molecule has 0 spiro atoms. The molecule has 1 aromatic heterocycles. The van der Waals surface area contributed by atoms with Crippen LogP contribution < -0.4 is 9.47 Å². The van der Waals surface area contributed by atoms with Gasteiger partial charge in [0.1, 0.15) is 23.1 Å². The van der Waals surface area contributed by atoms with E-state index in [9.17, 15) is 19.1 Å². The number of hydrogen-bond donors (Lipinski definition) is 1. The Labute approximate surface area is 204 Å². The summed E-state index contributed by atoms with van der Waals surface area (Å²) in [6.07, 6.45) is 0.410. The summed E-state index contributed by atoms with van der Waals surface area (Å²) in [5, 5.41) is 13.3. The van der Waals surface area contributed by atoms with Crippen LogP contribution in [0.1, 0.15) is 22.0 Å². The number of aliphatic hydroxyl groups excluding tert-OH is 1. The number of carbonyl (C=O) groups excluding carboxylic acids is 2. The maximum Gasteiger partial charge on any atom is 0.295 e. The number of rotatable bonds is 7. The van der Waals surface area contributed by atoms with Crippen LogP contribution in [0.3, 0.4) is 0 Å². The molecule has 4 rings (SSSR count). The second-order valence-electron chi connectivity index (χ2n) is 7.57. The predicted molar refractivity (Wildman–Crippen MR) is 128 cm³/mol. The Morgan fingerprint density at radius 1 is 1.12 bits per heavy atom. The Morgan fingerprint density at radius 3 is 2.44 bits per heavy atom. The second-order valence-corrected chi connectivity index (χ2v) is 8.96. The summed E-state index contributed by atoms with van der Waals surface area (Å²) in [7, 11) is 2.86. The molecule has 9 heteroatoms. The number of aliphatic hydroxyl groups is 1. The van der Waals surface area contributed by atoms with Gasteiger partial charge >= 0.3 is 0 Å². The van der Waals surface area contributed by atoms with E-state index in [2.05, 4.69) is 0 Å². The van der Waals surface area contributed by atoms with E-state index in [1.165, 1.54) is 54.7 Å². The fraction of sp³-hybridized carbons (Fsp3) is 0.200. The first-order valence-electron chi connectivity index (χ1n) is 10.3. The third kappa shape index (κ3) is 4.38. The van der Waals surface area contributed by atoms with Crippen molar-refractivity contribution >= 4 is 40.4 Å². The van der Waals surface area contributed by atoms with Crippen LogP contribution in [0.15, 0.2) is 59.5 Å². The summed E-state index contributed by atoms with van der Waals surface area (Å²) >= 11 is 7.64. The number of halogens is 2. The van der Waals surface area contributed by atoms with Crippen molar-refractivity contribution in [1.29, 1.82) is 0 Å². The van der Waals surface area contributed by atoms with Crippen LogP contribution in [0.5, 0.6) is 11.5 Å². The molecule has 1 unspecified atom stereocenters. The van der Waals surface area contributed by atoms with Crippen molar-refractivity contribution in [2.75, 3.05) is 20.8 Å². The highest BCUT2D eigenvalue weighted by Gasteiger charge is 2.46. The Kier molecular flexibility index (Phi) is 6.90. The standard InChI is InChI=1S/C25H21ClFNO5S/c1-32-18-13-19(33-2)17(26)12-16(18)23(29)21-22(20-4-3-11-34-20)28(25(31)24(21)30)10-9-14-5-7-15(27)8-6-14/h3-8,11-13,22,29H,9-10H2,1-2H3/b23-21-. The van der Waals surface area contributed by atoms with Crippen molar-refractivity contribution in [3.63, 3.8) is 0 Å². The molecular weight excluding hydrogens is 481 g/mol. The lowest BCUT2D eigenvalue weighted by Gasteiger charge is -2.24. The minimum Gasteiger partial charge on any atom is -0.507 e. The molecule has 1 fully saturated rings. The molecule has 176 valence electrons. The number of amides is 1. The molecule has 1 aliphatic heterocycles. The van der Waals surface area contributed by atoms with Gasteiger partial charge in [0.05, 0.1) is 36.4 Å². The molecule has 1 aliphatic rings. The van der Waals surface area contributed by atoms with E-state index in [-0.39, 0.29) is 40.0 Å². The third-order valence-electron chi connectivity index (χ3n) is 5.64. The minimum atomic E-state index is -0.802. The van der Waals surface area contributed by atoms with Gasteiger partial charge in [-0.2, -0.15) is 0 Å². The van der Waals surface area contributed by atoms with Crippen LogP contribution in [0, 0.1) is 5.82 Å². The zero-order chi connectivity index (χ0) is 24.4. The van der Waals surface area contributed by atoms with Crippen molar-refractivity contribution in [2.45, 2.75) is 12.5 Å². The number of ether oxygens (including phenoxy) is 2. The van der Waals surface area contributed by atoms with Gasteiger partial charge in [0, 0.05) is 17.5 Å². The number of thiophene rings is 1. The molecule has 0 aliphatic carbocycles. The monoisotopic (exact) mass is 501 g/mol. The van der Waals surface area contributed by atoms with E-state index in [1.54, 1.807) is 18.2 Å². The second kappa shape index (κ2) is 9.87. The first-order chi connectivity index (χ1) is 16.3. The number of ketones is 1. The molecule has 0 saturated carbocycles. The highest BCUT2D eigenvalue weighted by atomic mass is 35.5. The lowest BCUT2D eigenvalue weighted by molar-refractivity contribution is -0.139. The third-order valence-corrected chi connectivity index (χ3v) is 6.86. The van der Waals surface area contributed by atoms with Crippen molar-refractivity contribution in [3.05, 3.63) is 86.3 Å². The SMILES string of the molecule is COc1cc(OC)c(/C(O)=C2/C(=O)C(=O)N(CCc3ccc(F)cc3)C2c2cccs2)cc1Cl. The van der Waals surface area contributed by atoms with Crippen LogP contribution >= 0.6 is 22.9 Å². The number of carbonyl (C=O) groups is 2. The Morgan fingerprint density at radius 2 is 1.82 bits per heavy atom. The summed E-state index contributed by atoms with van der Waals surface area (Å²) in [5.41, 5.74) is 0.939. The first kappa shape index (κ1) is 23.8. The summed E-state index contributed by atoms with van der Waals surface area (Å²) in [6.45, 7) is 0.204. The van der Waals surface area contributed by atoms with E-state index >= 15 is 0 Å². The van der Waals surface area contributed by atoms with Gasteiger partial charge in [-0.05, 0) is 41.6 Å². The van der Waals surface area contributed by atoms with Crippen LogP contribution in [-0.4, -0.2) is 42.5 Å². The van der Waals surface area contributed by atoms with Gasteiger partial charge in [0.25, 0.3) is 11.7 Å². The van der Waals surface area contributed by atoms with Crippen LogP contribution in [0.2, 0.25) is 5.02 Å². The van der Waals surface area contributed by atoms with E-state index in [0.29, 0.717) is 12.2 Å². The normalized spacial score (nSPS) is 17.3. The number of methoxy groups -OCH3 is 2.